The minimum Gasteiger partial charge on any atom is -0.360 e. The van der Waals surface area contributed by atoms with E-state index >= 15 is 0 Å². The number of rotatable bonds is 6. The highest BCUT2D eigenvalue weighted by Gasteiger charge is 2.17. The van der Waals surface area contributed by atoms with Crippen LogP contribution in [0.25, 0.3) is 0 Å². The molecule has 8 heteroatoms. The highest BCUT2D eigenvalue weighted by Crippen LogP contribution is 2.15. The third-order valence-electron chi connectivity index (χ3n) is 3.16. The van der Waals surface area contributed by atoms with Gasteiger partial charge in [0.05, 0.1) is 10.6 Å². The van der Waals surface area contributed by atoms with Gasteiger partial charge in [0.1, 0.15) is 11.6 Å². The molecule has 0 atom stereocenters. The van der Waals surface area contributed by atoms with Crippen LogP contribution in [0.5, 0.6) is 0 Å². The molecule has 2 rings (SSSR count). The molecule has 0 saturated carbocycles. The summed E-state index contributed by atoms with van der Waals surface area (Å²) in [6, 6.07) is 6.06. The molecule has 23 heavy (non-hydrogen) atoms. The van der Waals surface area contributed by atoms with Crippen LogP contribution in [0.4, 0.5) is 4.39 Å². The van der Waals surface area contributed by atoms with Gasteiger partial charge in [-0.05, 0) is 24.3 Å². The minimum atomic E-state index is -3.59. The largest absolute Gasteiger partial charge is 0.360 e. The highest BCUT2D eigenvalue weighted by molar-refractivity contribution is 7.91. The number of hydrogen-bond acceptors (Lipinski definition) is 5. The molecular weight excluding hydrogens is 323 g/mol. The van der Waals surface area contributed by atoms with Crippen molar-refractivity contribution in [2.45, 2.75) is 24.7 Å². The molecular formula is C15H17FN2O4S. The standard InChI is InChI=1S/C15H17FN2O4S/c1-10(2)14-9-13(18-22-14)15(19)17-7-8-23(20,21)12-5-3-11(16)4-6-12/h3-6,9-10H,7-8H2,1-2H3,(H,17,19). The predicted octanol–water partition coefficient (Wildman–Crippen LogP) is 2.14. The Hall–Kier alpha value is -2.22. The molecule has 2 aromatic rings. The van der Waals surface area contributed by atoms with Gasteiger partial charge in [0.2, 0.25) is 0 Å². The lowest BCUT2D eigenvalue weighted by Crippen LogP contribution is -2.29. The van der Waals surface area contributed by atoms with Gasteiger partial charge < -0.3 is 9.84 Å². The molecule has 0 radical (unpaired) electrons. The quantitative estimate of drug-likeness (QED) is 0.814. The first kappa shape index (κ1) is 17.1. The number of carbonyl (C=O) groups excluding carboxylic acids is 1. The van der Waals surface area contributed by atoms with Gasteiger partial charge in [-0.3, -0.25) is 4.79 Å². The van der Waals surface area contributed by atoms with Crippen molar-refractivity contribution in [3.8, 4) is 0 Å². The van der Waals surface area contributed by atoms with Crippen molar-refractivity contribution in [3.05, 3.63) is 47.6 Å². The summed E-state index contributed by atoms with van der Waals surface area (Å²) in [5.74, 6) is -0.629. The maximum atomic E-state index is 12.8. The molecule has 0 aliphatic carbocycles. The van der Waals surface area contributed by atoms with E-state index in [1.807, 2.05) is 13.8 Å². The molecule has 0 aliphatic rings. The van der Waals surface area contributed by atoms with E-state index in [2.05, 4.69) is 10.5 Å². The smallest absolute Gasteiger partial charge is 0.273 e. The first-order valence-corrected chi connectivity index (χ1v) is 8.68. The van der Waals surface area contributed by atoms with E-state index in [1.165, 1.54) is 18.2 Å². The Morgan fingerprint density at radius 3 is 2.52 bits per heavy atom. The van der Waals surface area contributed by atoms with Crippen molar-refractivity contribution in [1.29, 1.82) is 0 Å². The number of amides is 1. The number of carbonyl (C=O) groups is 1. The number of halogens is 1. The zero-order chi connectivity index (χ0) is 17.0. The normalized spacial score (nSPS) is 11.7. The Morgan fingerprint density at radius 2 is 1.96 bits per heavy atom. The molecule has 1 N–H and O–H groups in total. The monoisotopic (exact) mass is 340 g/mol. The van der Waals surface area contributed by atoms with Crippen LogP contribution >= 0.6 is 0 Å². The summed E-state index contributed by atoms with van der Waals surface area (Å²) < 4.78 is 41.9. The zero-order valence-electron chi connectivity index (χ0n) is 12.7. The summed E-state index contributed by atoms with van der Waals surface area (Å²) in [5, 5.41) is 6.12. The Morgan fingerprint density at radius 1 is 1.30 bits per heavy atom. The molecule has 0 unspecified atom stereocenters. The van der Waals surface area contributed by atoms with E-state index in [1.54, 1.807) is 0 Å². The van der Waals surface area contributed by atoms with E-state index in [-0.39, 0.29) is 28.8 Å². The van der Waals surface area contributed by atoms with Crippen LogP contribution in [-0.4, -0.2) is 31.8 Å². The van der Waals surface area contributed by atoms with Crippen LogP contribution in [0.1, 0.15) is 36.0 Å². The van der Waals surface area contributed by atoms with E-state index < -0.39 is 21.6 Å². The lowest BCUT2D eigenvalue weighted by Gasteiger charge is -2.05. The van der Waals surface area contributed by atoms with Gasteiger partial charge in [0.25, 0.3) is 5.91 Å². The molecule has 1 amide bonds. The molecule has 0 aliphatic heterocycles. The third kappa shape index (κ3) is 4.38. The first-order valence-electron chi connectivity index (χ1n) is 7.03. The van der Waals surface area contributed by atoms with E-state index in [0.717, 1.165) is 12.1 Å². The number of hydrogen-bond donors (Lipinski definition) is 1. The van der Waals surface area contributed by atoms with Gasteiger partial charge in [0, 0.05) is 18.5 Å². The topological polar surface area (TPSA) is 89.3 Å². The molecule has 0 fully saturated rings. The van der Waals surface area contributed by atoms with Crippen LogP contribution in [-0.2, 0) is 9.84 Å². The predicted molar refractivity (Wildman–Crippen MR) is 81.4 cm³/mol. The molecule has 0 saturated heterocycles. The van der Waals surface area contributed by atoms with Crippen LogP contribution in [0, 0.1) is 5.82 Å². The fourth-order valence-corrected chi connectivity index (χ4v) is 2.97. The minimum absolute atomic E-state index is 0.0108. The molecule has 1 aromatic carbocycles. The second-order valence-corrected chi connectivity index (χ2v) is 7.41. The SMILES string of the molecule is CC(C)c1cc(C(=O)NCCS(=O)(=O)c2ccc(F)cc2)no1. The van der Waals surface area contributed by atoms with Crippen molar-refractivity contribution in [2.75, 3.05) is 12.3 Å². The van der Waals surface area contributed by atoms with E-state index in [4.69, 9.17) is 4.52 Å². The summed E-state index contributed by atoms with van der Waals surface area (Å²) >= 11 is 0. The maximum Gasteiger partial charge on any atom is 0.273 e. The summed E-state index contributed by atoms with van der Waals surface area (Å²) in [7, 11) is -3.59. The van der Waals surface area contributed by atoms with Crippen molar-refractivity contribution < 1.29 is 22.1 Å². The Balaban J connectivity index is 1.93. The molecule has 124 valence electrons. The lowest BCUT2D eigenvalue weighted by molar-refractivity contribution is 0.0947. The molecule has 1 aromatic heterocycles. The summed E-state index contributed by atoms with van der Waals surface area (Å²) in [5.41, 5.74) is 0.105. The fourth-order valence-electron chi connectivity index (χ4n) is 1.82. The maximum absolute atomic E-state index is 12.8. The average molecular weight is 340 g/mol. The van der Waals surface area contributed by atoms with Crippen molar-refractivity contribution in [1.82, 2.24) is 10.5 Å². The van der Waals surface area contributed by atoms with Crippen LogP contribution in [0.2, 0.25) is 0 Å². The number of benzene rings is 1. The Bertz CT molecular complexity index is 782. The molecule has 0 spiro atoms. The van der Waals surface area contributed by atoms with Gasteiger partial charge >= 0.3 is 0 Å². The van der Waals surface area contributed by atoms with E-state index in [0.29, 0.717) is 5.76 Å². The number of nitrogens with one attached hydrogen (secondary N) is 1. The van der Waals surface area contributed by atoms with Gasteiger partial charge in [-0.1, -0.05) is 19.0 Å². The molecule has 0 bridgehead atoms. The summed E-state index contributed by atoms with van der Waals surface area (Å²) in [4.78, 5) is 11.9. The van der Waals surface area contributed by atoms with Crippen LogP contribution < -0.4 is 5.32 Å². The van der Waals surface area contributed by atoms with Gasteiger partial charge in [0.15, 0.2) is 15.5 Å². The molecule has 6 nitrogen and oxygen atoms in total. The zero-order valence-corrected chi connectivity index (χ0v) is 13.6. The lowest BCUT2D eigenvalue weighted by atomic mass is 10.1. The summed E-state index contributed by atoms with van der Waals surface area (Å²) in [6.07, 6.45) is 0. The van der Waals surface area contributed by atoms with Gasteiger partial charge in [-0.15, -0.1) is 0 Å². The number of aromatic nitrogens is 1. The van der Waals surface area contributed by atoms with E-state index in [9.17, 15) is 17.6 Å². The summed E-state index contributed by atoms with van der Waals surface area (Å²) in [6.45, 7) is 3.72. The van der Waals surface area contributed by atoms with Crippen LogP contribution in [0.15, 0.2) is 39.8 Å². The Kier molecular flexibility index (Phi) is 5.15. The number of nitrogens with zero attached hydrogens (tertiary/aromatic N) is 1. The van der Waals surface area contributed by atoms with Crippen molar-refractivity contribution in [2.24, 2.45) is 0 Å². The highest BCUT2D eigenvalue weighted by atomic mass is 32.2. The third-order valence-corrected chi connectivity index (χ3v) is 4.89. The van der Waals surface area contributed by atoms with Crippen LogP contribution in [0.3, 0.4) is 0 Å². The molecule has 1 heterocycles. The van der Waals surface area contributed by atoms with Crippen molar-refractivity contribution >= 4 is 15.7 Å². The first-order chi connectivity index (χ1) is 10.8. The second-order valence-electron chi connectivity index (χ2n) is 5.30. The van der Waals surface area contributed by atoms with Crippen molar-refractivity contribution in [3.63, 3.8) is 0 Å². The fraction of sp³-hybridized carbons (Fsp3) is 0.333. The van der Waals surface area contributed by atoms with Gasteiger partial charge in [-0.2, -0.15) is 0 Å². The average Bonchev–Trinajstić information content (AvgIpc) is 2.97. The second kappa shape index (κ2) is 6.91. The van der Waals surface area contributed by atoms with Gasteiger partial charge in [-0.25, -0.2) is 12.8 Å². The number of sulfone groups is 1. The Labute approximate surface area is 133 Å².